The van der Waals surface area contributed by atoms with Gasteiger partial charge < -0.3 is 15.2 Å². The fourth-order valence-corrected chi connectivity index (χ4v) is 7.09. The Balaban J connectivity index is 1.34. The Kier molecular flexibility index (Phi) is 5.86. The van der Waals surface area contributed by atoms with E-state index in [-0.39, 0.29) is 78.5 Å². The van der Waals surface area contributed by atoms with Gasteiger partial charge in [0.1, 0.15) is 27.3 Å². The van der Waals surface area contributed by atoms with Gasteiger partial charge in [0.05, 0.1) is 11.9 Å². The van der Waals surface area contributed by atoms with Crippen LogP contribution in [-0.4, -0.2) is 66.1 Å². The van der Waals surface area contributed by atoms with Gasteiger partial charge in [0.25, 0.3) is 5.91 Å². The first-order valence-electron chi connectivity index (χ1n) is 11.6. The second-order valence-electron chi connectivity index (χ2n) is 9.46. The van der Waals surface area contributed by atoms with E-state index in [2.05, 4.69) is 20.3 Å². The lowest BCUT2D eigenvalue weighted by molar-refractivity contribution is 0.0712. The molecule has 0 radical (unpaired) electrons. The van der Waals surface area contributed by atoms with Gasteiger partial charge in [-0.25, -0.2) is 22.8 Å². The van der Waals surface area contributed by atoms with Crippen LogP contribution in [0.15, 0.2) is 35.4 Å². The molecule has 2 N–H and O–H groups in total. The number of carbonyl (C=O) groups excluding carboxylic acids is 1. The molecule has 0 bridgehead atoms. The summed E-state index contributed by atoms with van der Waals surface area (Å²) < 4.78 is 105. The van der Waals surface area contributed by atoms with Gasteiger partial charge in [-0.3, -0.25) is 4.79 Å². The number of imidazole rings is 1. The maximum absolute atomic E-state index is 14.9. The number of benzene rings is 1. The third kappa shape index (κ3) is 5.08. The zero-order valence-corrected chi connectivity index (χ0v) is 21.3. The lowest BCUT2D eigenvalue weighted by Crippen LogP contribution is -2.39. The molecule has 1 aromatic carbocycles. The number of hydrogen-bond acceptors (Lipinski definition) is 6. The summed E-state index contributed by atoms with van der Waals surface area (Å²) in [6.45, 7) is 0.751. The number of nitrogens with one attached hydrogen (secondary N) is 2. The number of halogens is 6. The first-order chi connectivity index (χ1) is 17.5. The number of rotatable bonds is 4. The highest BCUT2D eigenvalue weighted by atomic mass is 32.5. The maximum atomic E-state index is 14.9. The quantitative estimate of drug-likeness (QED) is 0.426. The van der Waals surface area contributed by atoms with Gasteiger partial charge in [-0.2, -0.15) is 0 Å². The van der Waals surface area contributed by atoms with Crippen molar-refractivity contribution in [1.82, 2.24) is 25.2 Å². The Morgan fingerprint density at radius 3 is 2.32 bits per heavy atom. The molecule has 4 heterocycles. The van der Waals surface area contributed by atoms with Crippen LogP contribution in [-0.2, 0) is 9.84 Å². The van der Waals surface area contributed by atoms with E-state index in [1.54, 1.807) is 0 Å². The molecule has 2 aromatic heterocycles. The lowest BCUT2D eigenvalue weighted by Gasteiger charge is -2.40. The standard InChI is InChI=1S/C22H23F6N5O3S2/c23-16-11-30-21-19(31-20(32-21)17-12-29-7-10-37(17,35)36)18(16)13-5-8-33(9-6-13)22(34)14-1-3-15(4-2-14)38(24,25,26,27)28/h1-4,11,13,17,29H,5-10,12H2,(H,30,31,32). The summed E-state index contributed by atoms with van der Waals surface area (Å²) in [5, 5.41) is 2.08. The highest BCUT2D eigenvalue weighted by molar-refractivity contribution is 8.45. The van der Waals surface area contributed by atoms with Crippen LogP contribution in [0.3, 0.4) is 0 Å². The SMILES string of the molecule is O=C(c1ccc(S(F)(F)(F)(F)F)cc1)N1CCC(c2c(F)cnc3[nH]c(C4CNCCS4(=O)=O)nc23)CC1. The topological polar surface area (TPSA) is 108 Å². The summed E-state index contributed by atoms with van der Waals surface area (Å²) in [6, 6.07) is 1.82. The molecule has 3 aromatic rings. The smallest absolute Gasteiger partial charge is 0.310 e. The van der Waals surface area contributed by atoms with Crippen molar-refractivity contribution in [2.24, 2.45) is 0 Å². The number of nitrogens with zero attached hydrogens (tertiary/aromatic N) is 3. The van der Waals surface area contributed by atoms with Crippen molar-refractivity contribution in [2.75, 3.05) is 31.9 Å². The van der Waals surface area contributed by atoms with Gasteiger partial charge >= 0.3 is 10.2 Å². The number of aromatic amines is 1. The molecule has 2 saturated heterocycles. The number of piperidine rings is 1. The molecule has 1 unspecified atom stereocenters. The lowest BCUT2D eigenvalue weighted by atomic mass is 9.88. The Hall–Kier alpha value is -2.85. The van der Waals surface area contributed by atoms with Crippen molar-refractivity contribution in [3.63, 3.8) is 0 Å². The van der Waals surface area contributed by atoms with Gasteiger partial charge in [0.15, 0.2) is 15.5 Å². The fourth-order valence-electron chi connectivity index (χ4n) is 4.90. The molecule has 38 heavy (non-hydrogen) atoms. The number of carbonyl (C=O) groups is 1. The van der Waals surface area contributed by atoms with Gasteiger partial charge in [0.2, 0.25) is 0 Å². The first-order valence-corrected chi connectivity index (χ1v) is 15.3. The fraction of sp³-hybridized carbons (Fsp3) is 0.409. The van der Waals surface area contributed by atoms with E-state index in [0.717, 1.165) is 6.20 Å². The summed E-state index contributed by atoms with van der Waals surface area (Å²) in [4.78, 5) is 23.4. The largest absolute Gasteiger partial charge is 0.339 e. The number of likely N-dealkylation sites (tertiary alicyclic amines) is 1. The molecule has 1 atom stereocenters. The summed E-state index contributed by atoms with van der Waals surface area (Å²) in [5.41, 5.74) is 0.508. The third-order valence-corrected chi connectivity index (χ3v) is 10.1. The van der Waals surface area contributed by atoms with E-state index in [1.807, 2.05) is 0 Å². The highest BCUT2D eigenvalue weighted by Gasteiger charge is 2.65. The van der Waals surface area contributed by atoms with Crippen molar-refractivity contribution in [3.8, 4) is 0 Å². The number of hydrogen-bond donors (Lipinski definition) is 2. The van der Waals surface area contributed by atoms with Gasteiger partial charge in [-0.05, 0) is 43.0 Å². The van der Waals surface area contributed by atoms with Gasteiger partial charge in [-0.15, -0.1) is 0 Å². The second-order valence-corrected chi connectivity index (χ2v) is 14.2. The molecule has 1 amide bonds. The van der Waals surface area contributed by atoms with Crippen LogP contribution in [0.5, 0.6) is 0 Å². The van der Waals surface area contributed by atoms with E-state index >= 15 is 0 Å². The van der Waals surface area contributed by atoms with Crippen LogP contribution in [0.1, 0.15) is 45.8 Å². The minimum atomic E-state index is -9.85. The molecule has 2 aliphatic rings. The van der Waals surface area contributed by atoms with E-state index in [4.69, 9.17) is 0 Å². The molecule has 0 saturated carbocycles. The molecular formula is C22H23F6N5O3S2. The van der Waals surface area contributed by atoms with Gasteiger partial charge in [0, 0.05) is 37.3 Å². The van der Waals surface area contributed by atoms with Crippen LogP contribution < -0.4 is 5.32 Å². The number of H-pyrrole nitrogens is 1. The van der Waals surface area contributed by atoms with Crippen molar-refractivity contribution in [3.05, 3.63) is 53.2 Å². The molecule has 0 spiro atoms. The van der Waals surface area contributed by atoms with Crippen molar-refractivity contribution >= 4 is 37.1 Å². The molecule has 208 valence electrons. The van der Waals surface area contributed by atoms with Crippen molar-refractivity contribution < 1.29 is 37.0 Å². The Morgan fingerprint density at radius 1 is 1.05 bits per heavy atom. The van der Waals surface area contributed by atoms with Crippen LogP contribution in [0.25, 0.3) is 11.2 Å². The van der Waals surface area contributed by atoms with E-state index < -0.39 is 47.8 Å². The normalized spacial score (nSPS) is 22.7. The number of aromatic nitrogens is 3. The zero-order valence-electron chi connectivity index (χ0n) is 19.6. The number of pyridine rings is 1. The summed E-state index contributed by atoms with van der Waals surface area (Å²) in [5.74, 6) is -1.55. The minimum absolute atomic E-state index is 0.0570. The maximum Gasteiger partial charge on any atom is 0.310 e. The van der Waals surface area contributed by atoms with E-state index in [0.29, 0.717) is 18.7 Å². The van der Waals surface area contributed by atoms with Crippen LogP contribution in [0.4, 0.5) is 23.8 Å². The average molecular weight is 584 g/mol. The summed E-state index contributed by atoms with van der Waals surface area (Å²) in [6.07, 6.45) is 1.60. The van der Waals surface area contributed by atoms with Crippen molar-refractivity contribution in [2.45, 2.75) is 28.9 Å². The minimum Gasteiger partial charge on any atom is -0.339 e. The molecule has 8 nitrogen and oxygen atoms in total. The molecule has 0 aliphatic carbocycles. The Morgan fingerprint density at radius 2 is 1.71 bits per heavy atom. The van der Waals surface area contributed by atoms with E-state index in [1.165, 1.54) is 4.90 Å². The zero-order chi connectivity index (χ0) is 27.6. The molecule has 2 aliphatic heterocycles. The predicted molar refractivity (Wildman–Crippen MR) is 129 cm³/mol. The first kappa shape index (κ1) is 26.7. The second kappa shape index (κ2) is 8.32. The third-order valence-electron chi connectivity index (χ3n) is 6.89. The van der Waals surface area contributed by atoms with Crippen molar-refractivity contribution in [1.29, 1.82) is 0 Å². The van der Waals surface area contributed by atoms with E-state index in [9.17, 15) is 37.0 Å². The van der Waals surface area contributed by atoms with Crippen LogP contribution >= 0.6 is 10.2 Å². The van der Waals surface area contributed by atoms with Gasteiger partial charge in [-0.1, -0.05) is 19.4 Å². The molecule has 5 rings (SSSR count). The molecule has 16 heteroatoms. The number of amides is 1. The number of sulfone groups is 1. The Bertz CT molecular complexity index is 1520. The summed E-state index contributed by atoms with van der Waals surface area (Å²) in [7, 11) is -13.3. The molecule has 2 fully saturated rings. The number of fused-ring (bicyclic) bond motifs is 1. The Labute approximate surface area is 213 Å². The summed E-state index contributed by atoms with van der Waals surface area (Å²) >= 11 is 0. The predicted octanol–water partition coefficient (Wildman–Crippen LogP) is 4.83. The highest BCUT2D eigenvalue weighted by Crippen LogP contribution is 3.02. The molecular weight excluding hydrogens is 560 g/mol. The monoisotopic (exact) mass is 583 g/mol. The van der Waals surface area contributed by atoms with Crippen LogP contribution in [0, 0.1) is 5.82 Å². The average Bonchev–Trinajstić information content (AvgIpc) is 3.26. The van der Waals surface area contributed by atoms with Crippen LogP contribution in [0.2, 0.25) is 0 Å².